The fourth-order valence-corrected chi connectivity index (χ4v) is 3.54. The molecule has 37 heavy (non-hydrogen) atoms. The number of anilines is 1. The SMILES string of the molecule is Cc1ccc(NC(=O)/C(C#N)=C/c2ccc(Oc3ccc([N+](=O)[O-])cc3[N+](=O)[O-])c(Br)c2)c([N+](=O)[O-])c1. The van der Waals surface area contributed by atoms with Crippen LogP contribution in [0.1, 0.15) is 11.1 Å². The second-order valence-electron chi connectivity index (χ2n) is 7.36. The number of non-ortho nitro benzene ring substituents is 1. The van der Waals surface area contributed by atoms with Gasteiger partial charge in [-0.2, -0.15) is 5.26 Å². The summed E-state index contributed by atoms with van der Waals surface area (Å²) in [5.41, 5.74) is -0.849. The normalized spacial score (nSPS) is 10.8. The van der Waals surface area contributed by atoms with Gasteiger partial charge in [0.15, 0.2) is 0 Å². The molecule has 3 aromatic carbocycles. The minimum atomic E-state index is -0.868. The Morgan fingerprint density at radius 3 is 2.22 bits per heavy atom. The smallest absolute Gasteiger partial charge is 0.318 e. The van der Waals surface area contributed by atoms with E-state index < -0.39 is 32.1 Å². The summed E-state index contributed by atoms with van der Waals surface area (Å²) in [7, 11) is 0. The largest absolute Gasteiger partial charge is 0.449 e. The van der Waals surface area contributed by atoms with Crippen LogP contribution in [-0.2, 0) is 4.79 Å². The number of hydrogen-bond donors (Lipinski definition) is 1. The maximum atomic E-state index is 12.6. The Morgan fingerprint density at radius 1 is 0.946 bits per heavy atom. The molecule has 0 aliphatic heterocycles. The van der Waals surface area contributed by atoms with Crippen molar-refractivity contribution < 1.29 is 24.3 Å². The zero-order valence-corrected chi connectivity index (χ0v) is 20.3. The van der Waals surface area contributed by atoms with Crippen molar-refractivity contribution in [2.75, 3.05) is 5.32 Å². The first kappa shape index (κ1) is 26.4. The van der Waals surface area contributed by atoms with E-state index in [9.17, 15) is 40.4 Å². The van der Waals surface area contributed by atoms with Crippen molar-refractivity contribution in [3.8, 4) is 17.6 Å². The van der Waals surface area contributed by atoms with Crippen LogP contribution in [-0.4, -0.2) is 20.7 Å². The van der Waals surface area contributed by atoms with E-state index in [2.05, 4.69) is 21.2 Å². The number of carbonyl (C=O) groups is 1. The molecule has 3 rings (SSSR count). The molecule has 0 aromatic heterocycles. The number of halogens is 1. The Bertz CT molecular complexity index is 1530. The lowest BCUT2D eigenvalue weighted by molar-refractivity contribution is -0.394. The summed E-state index contributed by atoms with van der Waals surface area (Å²) >= 11 is 3.25. The molecule has 1 N–H and O–H groups in total. The van der Waals surface area contributed by atoms with Gasteiger partial charge < -0.3 is 10.1 Å². The molecule has 0 spiro atoms. The Morgan fingerprint density at radius 2 is 1.62 bits per heavy atom. The number of nitriles is 1. The molecule has 13 nitrogen and oxygen atoms in total. The summed E-state index contributed by atoms with van der Waals surface area (Å²) in [6.07, 6.45) is 1.23. The lowest BCUT2D eigenvalue weighted by atomic mass is 10.1. The highest BCUT2D eigenvalue weighted by molar-refractivity contribution is 9.10. The molecule has 0 radical (unpaired) electrons. The van der Waals surface area contributed by atoms with Crippen molar-refractivity contribution in [3.05, 3.63) is 106 Å². The maximum Gasteiger partial charge on any atom is 0.318 e. The second-order valence-corrected chi connectivity index (χ2v) is 8.21. The van der Waals surface area contributed by atoms with Gasteiger partial charge in [-0.1, -0.05) is 12.1 Å². The van der Waals surface area contributed by atoms with E-state index in [0.29, 0.717) is 15.6 Å². The molecule has 186 valence electrons. The number of ether oxygens (including phenoxy) is 1. The van der Waals surface area contributed by atoms with Crippen molar-refractivity contribution in [1.29, 1.82) is 5.26 Å². The van der Waals surface area contributed by atoms with E-state index in [1.54, 1.807) is 19.1 Å². The molecule has 14 heteroatoms. The third kappa shape index (κ3) is 6.29. The van der Waals surface area contributed by atoms with E-state index in [0.717, 1.165) is 18.2 Å². The van der Waals surface area contributed by atoms with Gasteiger partial charge >= 0.3 is 5.69 Å². The molecule has 0 aliphatic rings. The summed E-state index contributed by atoms with van der Waals surface area (Å²) < 4.78 is 5.85. The number of amides is 1. The van der Waals surface area contributed by atoms with Crippen LogP contribution in [0.15, 0.2) is 64.6 Å². The van der Waals surface area contributed by atoms with E-state index in [1.165, 1.54) is 36.4 Å². The van der Waals surface area contributed by atoms with Crippen molar-refractivity contribution >= 4 is 50.7 Å². The first-order valence-electron chi connectivity index (χ1n) is 10.1. The molecule has 0 saturated carbocycles. The summed E-state index contributed by atoms with van der Waals surface area (Å²) in [4.78, 5) is 43.9. The van der Waals surface area contributed by atoms with Gasteiger partial charge in [-0.25, -0.2) is 0 Å². The zero-order valence-electron chi connectivity index (χ0n) is 18.7. The van der Waals surface area contributed by atoms with Crippen LogP contribution in [0.5, 0.6) is 11.5 Å². The minimum absolute atomic E-state index is 0.0728. The highest BCUT2D eigenvalue weighted by Gasteiger charge is 2.22. The monoisotopic (exact) mass is 567 g/mol. The van der Waals surface area contributed by atoms with Crippen LogP contribution in [0.25, 0.3) is 6.08 Å². The highest BCUT2D eigenvalue weighted by Crippen LogP contribution is 2.37. The first-order chi connectivity index (χ1) is 17.5. The average Bonchev–Trinajstić information content (AvgIpc) is 2.84. The van der Waals surface area contributed by atoms with Gasteiger partial charge in [-0.05, 0) is 64.3 Å². The fourth-order valence-electron chi connectivity index (χ4n) is 3.06. The van der Waals surface area contributed by atoms with Gasteiger partial charge in [-0.15, -0.1) is 0 Å². The Hall–Kier alpha value is -5.16. The number of benzene rings is 3. The highest BCUT2D eigenvalue weighted by atomic mass is 79.9. The number of aryl methyl sites for hydroxylation is 1. The molecular weight excluding hydrogens is 554 g/mol. The number of nitro groups is 3. The van der Waals surface area contributed by atoms with Gasteiger partial charge in [-0.3, -0.25) is 35.1 Å². The molecule has 0 aliphatic carbocycles. The van der Waals surface area contributed by atoms with Crippen molar-refractivity contribution in [3.63, 3.8) is 0 Å². The molecule has 0 bridgehead atoms. The summed E-state index contributed by atoms with van der Waals surface area (Å²) in [6, 6.07) is 13.2. The van der Waals surface area contributed by atoms with E-state index in [1.807, 2.05) is 0 Å². The minimum Gasteiger partial charge on any atom is -0.449 e. The Kier molecular flexibility index (Phi) is 7.90. The van der Waals surface area contributed by atoms with E-state index in [-0.39, 0.29) is 28.4 Å². The van der Waals surface area contributed by atoms with Gasteiger partial charge in [0.25, 0.3) is 17.3 Å². The number of carbonyl (C=O) groups excluding carboxylic acids is 1. The third-order valence-electron chi connectivity index (χ3n) is 4.80. The number of nitrogens with zero attached hydrogens (tertiary/aromatic N) is 4. The standard InChI is InChI=1S/C23H14BrN5O8/c1-13-2-5-18(19(8-13)28(33)34)26-23(30)15(12-25)9-14-3-6-21(17(24)10-14)37-22-7-4-16(27(31)32)11-20(22)29(35)36/h2-11H,1H3,(H,26,30)/b15-9+. The van der Waals surface area contributed by atoms with Crippen molar-refractivity contribution in [2.24, 2.45) is 0 Å². The molecule has 1 amide bonds. The predicted octanol–water partition coefficient (Wildman–Crippen LogP) is 5.82. The molecular formula is C23H14BrN5O8. The number of nitrogens with one attached hydrogen (secondary N) is 1. The lowest BCUT2D eigenvalue weighted by Gasteiger charge is -2.09. The van der Waals surface area contributed by atoms with Gasteiger partial charge in [0.2, 0.25) is 5.75 Å². The first-order valence-corrected chi connectivity index (χ1v) is 10.9. The van der Waals surface area contributed by atoms with Crippen LogP contribution in [0.3, 0.4) is 0 Å². The Balaban J connectivity index is 1.86. The number of hydrogen-bond acceptors (Lipinski definition) is 9. The molecule has 3 aromatic rings. The summed E-state index contributed by atoms with van der Waals surface area (Å²) in [5, 5.41) is 45.3. The van der Waals surface area contributed by atoms with Crippen molar-refractivity contribution in [2.45, 2.75) is 6.92 Å². The second kappa shape index (κ2) is 11.1. The summed E-state index contributed by atoms with van der Waals surface area (Å²) in [6.45, 7) is 1.66. The number of rotatable bonds is 8. The molecule has 0 saturated heterocycles. The molecule has 0 atom stereocenters. The van der Waals surface area contributed by atoms with Gasteiger partial charge in [0, 0.05) is 12.1 Å². The number of nitro benzene ring substituents is 3. The third-order valence-corrected chi connectivity index (χ3v) is 5.42. The quantitative estimate of drug-likeness (QED) is 0.151. The van der Waals surface area contributed by atoms with Gasteiger partial charge in [0.05, 0.1) is 25.3 Å². The van der Waals surface area contributed by atoms with E-state index >= 15 is 0 Å². The summed E-state index contributed by atoms with van der Waals surface area (Å²) in [5.74, 6) is -0.990. The lowest BCUT2D eigenvalue weighted by Crippen LogP contribution is -2.14. The van der Waals surface area contributed by atoms with Crippen LogP contribution in [0, 0.1) is 48.6 Å². The van der Waals surface area contributed by atoms with Crippen LogP contribution >= 0.6 is 15.9 Å². The fraction of sp³-hybridized carbons (Fsp3) is 0.0435. The zero-order chi connectivity index (χ0) is 27.3. The topological polar surface area (TPSA) is 192 Å². The molecule has 0 unspecified atom stereocenters. The van der Waals surface area contributed by atoms with Crippen molar-refractivity contribution in [1.82, 2.24) is 0 Å². The van der Waals surface area contributed by atoms with Gasteiger partial charge in [0.1, 0.15) is 23.1 Å². The van der Waals surface area contributed by atoms with Crippen LogP contribution < -0.4 is 10.1 Å². The molecule has 0 heterocycles. The molecule has 0 fully saturated rings. The van der Waals surface area contributed by atoms with E-state index in [4.69, 9.17) is 4.74 Å². The predicted molar refractivity (Wildman–Crippen MR) is 134 cm³/mol. The van der Waals surface area contributed by atoms with Crippen LogP contribution in [0.4, 0.5) is 22.7 Å². The average molecular weight is 568 g/mol. The van der Waals surface area contributed by atoms with Crippen LogP contribution in [0.2, 0.25) is 0 Å². The Labute approximate surface area is 216 Å². The maximum absolute atomic E-state index is 12.6.